The number of hydrogen-bond donors (Lipinski definition) is 1. The lowest BCUT2D eigenvalue weighted by Crippen LogP contribution is -2.38. The Hall–Kier alpha value is -2.96. The second kappa shape index (κ2) is 7.73. The Morgan fingerprint density at radius 2 is 2.11 bits per heavy atom. The molecule has 1 aromatic carbocycles. The first-order chi connectivity index (χ1) is 12.9. The van der Waals surface area contributed by atoms with Gasteiger partial charge < -0.3 is 23.9 Å². The molecule has 7 heteroatoms. The molecule has 0 aliphatic carbocycles. The summed E-state index contributed by atoms with van der Waals surface area (Å²) >= 11 is 0. The first-order valence-corrected chi connectivity index (χ1v) is 8.85. The van der Waals surface area contributed by atoms with Gasteiger partial charge in [-0.25, -0.2) is 4.79 Å². The number of aromatic carboxylic acids is 1. The van der Waals surface area contributed by atoms with Gasteiger partial charge in [0.25, 0.3) is 0 Å². The molecule has 1 atom stereocenters. The molecule has 3 rings (SSSR count). The summed E-state index contributed by atoms with van der Waals surface area (Å²) in [6.45, 7) is 4.60. The predicted octanol–water partition coefficient (Wildman–Crippen LogP) is 2.89. The van der Waals surface area contributed by atoms with E-state index in [2.05, 4.69) is 0 Å². The number of aryl methyl sites for hydroxylation is 1. The van der Waals surface area contributed by atoms with Gasteiger partial charge in [0, 0.05) is 7.05 Å². The van der Waals surface area contributed by atoms with Gasteiger partial charge in [-0.2, -0.15) is 0 Å². The molecule has 0 saturated carbocycles. The molecule has 144 valence electrons. The van der Waals surface area contributed by atoms with Gasteiger partial charge >= 0.3 is 5.97 Å². The van der Waals surface area contributed by atoms with E-state index in [4.69, 9.17) is 19.0 Å². The summed E-state index contributed by atoms with van der Waals surface area (Å²) in [5.41, 5.74) is 1.06. The van der Waals surface area contributed by atoms with Crippen LogP contribution in [0.3, 0.4) is 0 Å². The highest BCUT2D eigenvalue weighted by Gasteiger charge is 2.29. The summed E-state index contributed by atoms with van der Waals surface area (Å²) in [7, 11) is 1.67. The maximum Gasteiger partial charge on any atom is 0.339 e. The highest BCUT2D eigenvalue weighted by Crippen LogP contribution is 2.31. The van der Waals surface area contributed by atoms with Crippen molar-refractivity contribution < 1.29 is 28.6 Å². The number of carbonyl (C=O) groups excluding carboxylic acids is 1. The number of fused-ring (bicyclic) bond motifs is 1. The van der Waals surface area contributed by atoms with E-state index in [1.54, 1.807) is 14.0 Å². The van der Waals surface area contributed by atoms with E-state index in [1.807, 2.05) is 25.1 Å². The quantitative estimate of drug-likeness (QED) is 0.837. The number of carboxylic acids is 1. The van der Waals surface area contributed by atoms with Crippen molar-refractivity contribution in [1.29, 1.82) is 0 Å². The number of hydrogen-bond acceptors (Lipinski definition) is 5. The van der Waals surface area contributed by atoms with E-state index in [1.165, 1.54) is 11.0 Å². The molecule has 0 bridgehead atoms. The molecular weight excluding hydrogens is 350 g/mol. The summed E-state index contributed by atoms with van der Waals surface area (Å²) in [5.74, 6) is 0.876. The zero-order valence-electron chi connectivity index (χ0n) is 15.7. The average molecular weight is 373 g/mol. The van der Waals surface area contributed by atoms with Crippen molar-refractivity contribution in [3.63, 3.8) is 0 Å². The van der Waals surface area contributed by atoms with Crippen LogP contribution >= 0.6 is 0 Å². The number of amides is 1. The van der Waals surface area contributed by atoms with E-state index < -0.39 is 5.97 Å². The number of ether oxygens (including phenoxy) is 2. The fraction of sp³-hybridized carbons (Fsp3) is 0.400. The second-order valence-corrected chi connectivity index (χ2v) is 6.60. The van der Waals surface area contributed by atoms with E-state index in [0.717, 1.165) is 17.1 Å². The SMILES string of the molecule is CCOc1ccc2c(c1)C[C@H](C(=O)N(C)Cc1cc(C(=O)O)c(C)o1)CO2. The van der Waals surface area contributed by atoms with E-state index >= 15 is 0 Å². The van der Waals surface area contributed by atoms with Crippen molar-refractivity contribution >= 4 is 11.9 Å². The van der Waals surface area contributed by atoms with Crippen LogP contribution in [0, 0.1) is 12.8 Å². The Balaban J connectivity index is 1.68. The molecule has 0 spiro atoms. The van der Waals surface area contributed by atoms with Crippen LogP contribution in [0.15, 0.2) is 28.7 Å². The van der Waals surface area contributed by atoms with Gasteiger partial charge in [0.1, 0.15) is 35.2 Å². The molecule has 0 fully saturated rings. The van der Waals surface area contributed by atoms with E-state index in [9.17, 15) is 9.59 Å². The Bertz CT molecular complexity index is 856. The summed E-state index contributed by atoms with van der Waals surface area (Å²) in [4.78, 5) is 25.5. The number of nitrogens with zero attached hydrogens (tertiary/aromatic N) is 1. The first kappa shape index (κ1) is 18.8. The van der Waals surface area contributed by atoms with Crippen LogP contribution in [-0.4, -0.2) is 42.1 Å². The third-order valence-electron chi connectivity index (χ3n) is 4.57. The van der Waals surface area contributed by atoms with Crippen LogP contribution in [-0.2, 0) is 17.8 Å². The fourth-order valence-electron chi connectivity index (χ4n) is 3.24. The van der Waals surface area contributed by atoms with Crippen molar-refractivity contribution in [2.75, 3.05) is 20.3 Å². The molecule has 1 amide bonds. The van der Waals surface area contributed by atoms with Gasteiger partial charge in [0.15, 0.2) is 0 Å². The minimum atomic E-state index is -1.04. The van der Waals surface area contributed by atoms with Gasteiger partial charge in [-0.05, 0) is 50.1 Å². The van der Waals surface area contributed by atoms with Crippen LogP contribution < -0.4 is 9.47 Å². The highest BCUT2D eigenvalue weighted by atomic mass is 16.5. The van der Waals surface area contributed by atoms with Gasteiger partial charge in [-0.1, -0.05) is 0 Å². The highest BCUT2D eigenvalue weighted by molar-refractivity contribution is 5.88. The first-order valence-electron chi connectivity index (χ1n) is 8.85. The Morgan fingerprint density at radius 1 is 1.33 bits per heavy atom. The molecule has 2 aromatic rings. The van der Waals surface area contributed by atoms with Crippen molar-refractivity contribution in [3.8, 4) is 11.5 Å². The minimum absolute atomic E-state index is 0.0756. The molecule has 0 saturated heterocycles. The summed E-state index contributed by atoms with van der Waals surface area (Å²) < 4.78 is 16.7. The molecular formula is C20H23NO6. The fourth-order valence-corrected chi connectivity index (χ4v) is 3.24. The van der Waals surface area contributed by atoms with Crippen molar-refractivity contribution in [2.24, 2.45) is 5.92 Å². The maximum absolute atomic E-state index is 12.8. The zero-order valence-corrected chi connectivity index (χ0v) is 15.7. The molecule has 0 unspecified atom stereocenters. The van der Waals surface area contributed by atoms with Gasteiger partial charge in [-0.15, -0.1) is 0 Å². The average Bonchev–Trinajstić information content (AvgIpc) is 3.01. The zero-order chi connectivity index (χ0) is 19.6. The number of furan rings is 1. The molecule has 7 nitrogen and oxygen atoms in total. The molecule has 1 aliphatic rings. The third-order valence-corrected chi connectivity index (χ3v) is 4.57. The van der Waals surface area contributed by atoms with Crippen LogP contribution in [0.4, 0.5) is 0 Å². The second-order valence-electron chi connectivity index (χ2n) is 6.60. The minimum Gasteiger partial charge on any atom is -0.494 e. The summed E-state index contributed by atoms with van der Waals surface area (Å²) in [6.07, 6.45) is 0.566. The smallest absolute Gasteiger partial charge is 0.339 e. The van der Waals surface area contributed by atoms with Gasteiger partial charge in [0.2, 0.25) is 5.91 Å². The maximum atomic E-state index is 12.8. The number of rotatable bonds is 6. The number of benzene rings is 1. The number of carbonyl (C=O) groups is 2. The monoisotopic (exact) mass is 373 g/mol. The molecule has 0 radical (unpaired) electrons. The molecule has 1 N–H and O–H groups in total. The molecule has 2 heterocycles. The predicted molar refractivity (Wildman–Crippen MR) is 97.2 cm³/mol. The lowest BCUT2D eigenvalue weighted by molar-refractivity contribution is -0.136. The topological polar surface area (TPSA) is 89.2 Å². The van der Waals surface area contributed by atoms with Gasteiger partial charge in [0.05, 0.1) is 19.1 Å². The van der Waals surface area contributed by atoms with Crippen LogP contribution in [0.5, 0.6) is 11.5 Å². The third kappa shape index (κ3) is 4.07. The number of carboxylic acid groups (broad SMARTS) is 1. The standard InChI is InChI=1S/C20H23NO6/c1-4-25-15-5-6-18-13(8-15)7-14(11-26-18)19(22)21(3)10-16-9-17(20(23)24)12(2)27-16/h5-6,8-9,14H,4,7,10-11H2,1-3H3,(H,23,24)/t14-/m0/s1. The Morgan fingerprint density at radius 3 is 2.78 bits per heavy atom. The van der Waals surface area contributed by atoms with Gasteiger partial charge in [-0.3, -0.25) is 4.79 Å². The largest absolute Gasteiger partial charge is 0.494 e. The normalized spacial score (nSPS) is 15.6. The van der Waals surface area contributed by atoms with Crippen molar-refractivity contribution in [2.45, 2.75) is 26.8 Å². The van der Waals surface area contributed by atoms with Crippen LogP contribution in [0.25, 0.3) is 0 Å². The van der Waals surface area contributed by atoms with Crippen molar-refractivity contribution in [3.05, 3.63) is 46.9 Å². The summed E-state index contributed by atoms with van der Waals surface area (Å²) in [6, 6.07) is 7.09. The van der Waals surface area contributed by atoms with E-state index in [0.29, 0.717) is 31.2 Å². The lowest BCUT2D eigenvalue weighted by Gasteiger charge is -2.28. The molecule has 1 aliphatic heterocycles. The Kier molecular flexibility index (Phi) is 5.39. The molecule has 27 heavy (non-hydrogen) atoms. The summed E-state index contributed by atoms with van der Waals surface area (Å²) in [5, 5.41) is 9.11. The molecule has 1 aromatic heterocycles. The lowest BCUT2D eigenvalue weighted by atomic mass is 9.95. The van der Waals surface area contributed by atoms with E-state index in [-0.39, 0.29) is 23.9 Å². The van der Waals surface area contributed by atoms with Crippen LogP contribution in [0.1, 0.15) is 34.4 Å². The Labute approximate surface area is 157 Å². The van der Waals surface area contributed by atoms with Crippen molar-refractivity contribution in [1.82, 2.24) is 4.90 Å². The van der Waals surface area contributed by atoms with Crippen LogP contribution in [0.2, 0.25) is 0 Å².